The van der Waals surface area contributed by atoms with E-state index in [1.165, 1.54) is 6.67 Å². The van der Waals surface area contributed by atoms with E-state index in [9.17, 15) is 0 Å². The third kappa shape index (κ3) is 0.924. The van der Waals surface area contributed by atoms with Crippen LogP contribution in [-0.4, -0.2) is 6.21 Å². The lowest BCUT2D eigenvalue weighted by Crippen LogP contribution is -2.18. The molecule has 1 rings (SSSR count). The van der Waals surface area contributed by atoms with Crippen molar-refractivity contribution < 1.29 is 0 Å². The zero-order valence-electron chi connectivity index (χ0n) is 3.76. The highest BCUT2D eigenvalue weighted by Gasteiger charge is 1.87. The molecule has 0 spiro atoms. The lowest BCUT2D eigenvalue weighted by atomic mass is 10.5. The van der Waals surface area contributed by atoms with Crippen LogP contribution in [0.15, 0.2) is 16.9 Å². The molecule has 0 amide bonds. The molecular formula is C4H6N3. The molecule has 7 heavy (non-hydrogen) atoms. The maximum absolute atomic E-state index is 5.26. The van der Waals surface area contributed by atoms with Gasteiger partial charge in [0.15, 0.2) is 6.67 Å². The summed E-state index contributed by atoms with van der Waals surface area (Å²) in [5, 5.41) is 2.70. The number of nitrogens with one attached hydrogen (secondary N) is 1. The summed E-state index contributed by atoms with van der Waals surface area (Å²) in [4.78, 5) is 3.71. The summed E-state index contributed by atoms with van der Waals surface area (Å²) in [6.07, 6.45) is 3.33. The average Bonchev–Trinajstić information content (AvgIpc) is 1.69. The van der Waals surface area contributed by atoms with Gasteiger partial charge in [-0.3, -0.25) is 4.99 Å². The highest BCUT2D eigenvalue weighted by atomic mass is 15.1. The van der Waals surface area contributed by atoms with Gasteiger partial charge >= 0.3 is 0 Å². The Morgan fingerprint density at radius 1 is 1.71 bits per heavy atom. The molecule has 3 heteroatoms. The van der Waals surface area contributed by atoms with Crippen LogP contribution in [0.5, 0.6) is 0 Å². The molecule has 0 aromatic rings. The Kier molecular flexibility index (Phi) is 0.978. The summed E-state index contributed by atoms with van der Waals surface area (Å²) in [5.74, 6) is 0.634. The second-order valence-corrected chi connectivity index (χ2v) is 1.19. The van der Waals surface area contributed by atoms with Gasteiger partial charge in [0.2, 0.25) is 0 Å². The molecule has 1 aliphatic rings. The minimum absolute atomic E-state index is 0.634. The fraction of sp³-hybridized carbons (Fsp3) is 0. The third-order valence-corrected chi connectivity index (χ3v) is 0.646. The van der Waals surface area contributed by atoms with Crippen molar-refractivity contribution in [3.05, 3.63) is 18.6 Å². The van der Waals surface area contributed by atoms with Gasteiger partial charge in [0.1, 0.15) is 0 Å². The Morgan fingerprint density at radius 3 is 2.86 bits per heavy atom. The van der Waals surface area contributed by atoms with E-state index < -0.39 is 0 Å². The average molecular weight is 96.1 g/mol. The molecule has 0 aliphatic carbocycles. The Labute approximate surface area is 41.9 Å². The quantitative estimate of drug-likeness (QED) is 0.430. The van der Waals surface area contributed by atoms with Crippen molar-refractivity contribution in [1.82, 2.24) is 5.32 Å². The molecule has 37 valence electrons. The molecule has 0 unspecified atom stereocenters. The van der Waals surface area contributed by atoms with Crippen LogP contribution in [0, 0.1) is 6.67 Å². The molecule has 0 bridgehead atoms. The first-order chi connectivity index (χ1) is 3.39. The highest BCUT2D eigenvalue weighted by Crippen LogP contribution is 1.84. The standard InChI is InChI=1S/C4H6N3/c5-4-1-2-6-3-7-4/h1-3,7H,5H2. The van der Waals surface area contributed by atoms with E-state index in [2.05, 4.69) is 10.3 Å². The molecular weight excluding hydrogens is 90.1 g/mol. The molecule has 0 atom stereocenters. The van der Waals surface area contributed by atoms with E-state index in [1.54, 1.807) is 12.3 Å². The van der Waals surface area contributed by atoms with Gasteiger partial charge in [0.25, 0.3) is 0 Å². The van der Waals surface area contributed by atoms with E-state index >= 15 is 0 Å². The van der Waals surface area contributed by atoms with Gasteiger partial charge in [-0.15, -0.1) is 0 Å². The molecule has 0 saturated heterocycles. The first kappa shape index (κ1) is 4.18. The molecule has 0 fully saturated rings. The molecule has 0 aromatic carbocycles. The summed E-state index contributed by atoms with van der Waals surface area (Å²) in [6.45, 7) is 1.54. The zero-order valence-corrected chi connectivity index (χ0v) is 3.76. The fourth-order valence-corrected chi connectivity index (χ4v) is 0.326. The second kappa shape index (κ2) is 1.64. The number of allylic oxidation sites excluding steroid dienone is 1. The molecule has 1 heterocycles. The summed E-state index contributed by atoms with van der Waals surface area (Å²) < 4.78 is 0. The molecule has 0 aromatic heterocycles. The number of nitrogens with zero attached hydrogens (tertiary/aromatic N) is 1. The zero-order chi connectivity index (χ0) is 5.11. The lowest BCUT2D eigenvalue weighted by molar-refractivity contribution is 0.914. The number of hydrogen-bond acceptors (Lipinski definition) is 3. The normalized spacial score (nSPS) is 18.0. The highest BCUT2D eigenvalue weighted by molar-refractivity contribution is 5.73. The third-order valence-electron chi connectivity index (χ3n) is 0.646. The van der Waals surface area contributed by atoms with Gasteiger partial charge in [-0.25, -0.2) is 0 Å². The van der Waals surface area contributed by atoms with Gasteiger partial charge in [-0.05, 0) is 6.08 Å². The van der Waals surface area contributed by atoms with Crippen LogP contribution in [0.25, 0.3) is 0 Å². The number of hydrogen-bond donors (Lipinski definition) is 2. The van der Waals surface area contributed by atoms with E-state index in [0.717, 1.165) is 0 Å². The molecule has 3 nitrogen and oxygen atoms in total. The summed E-state index contributed by atoms with van der Waals surface area (Å²) in [5.41, 5.74) is 5.26. The van der Waals surface area contributed by atoms with Crippen LogP contribution in [0.2, 0.25) is 0 Å². The van der Waals surface area contributed by atoms with Crippen molar-refractivity contribution in [2.24, 2.45) is 10.7 Å². The van der Waals surface area contributed by atoms with Crippen LogP contribution < -0.4 is 11.1 Å². The van der Waals surface area contributed by atoms with Gasteiger partial charge < -0.3 is 11.1 Å². The molecule has 0 saturated carbocycles. The Hall–Kier alpha value is -0.990. The van der Waals surface area contributed by atoms with E-state index in [4.69, 9.17) is 5.73 Å². The number of rotatable bonds is 0. The van der Waals surface area contributed by atoms with Crippen molar-refractivity contribution in [1.29, 1.82) is 0 Å². The van der Waals surface area contributed by atoms with Crippen molar-refractivity contribution in [3.8, 4) is 0 Å². The molecule has 1 radical (unpaired) electrons. The maximum atomic E-state index is 5.26. The lowest BCUT2D eigenvalue weighted by Gasteiger charge is -2.02. The molecule has 3 N–H and O–H groups in total. The minimum Gasteiger partial charge on any atom is -0.385 e. The van der Waals surface area contributed by atoms with Gasteiger partial charge in [-0.2, -0.15) is 0 Å². The summed E-state index contributed by atoms with van der Waals surface area (Å²) in [6, 6.07) is 0. The second-order valence-electron chi connectivity index (χ2n) is 1.19. The van der Waals surface area contributed by atoms with Crippen molar-refractivity contribution >= 4 is 6.21 Å². The SMILES string of the molecule is NC1=CC=N[CH]N1. The molecule has 1 aliphatic heterocycles. The van der Waals surface area contributed by atoms with Gasteiger partial charge in [0.05, 0.1) is 5.82 Å². The number of nitrogens with two attached hydrogens (primary N) is 1. The van der Waals surface area contributed by atoms with Crippen LogP contribution >= 0.6 is 0 Å². The largest absolute Gasteiger partial charge is 0.385 e. The Morgan fingerprint density at radius 2 is 2.57 bits per heavy atom. The minimum atomic E-state index is 0.634. The predicted octanol–water partition coefficient (Wildman–Crippen LogP) is -0.420. The van der Waals surface area contributed by atoms with Crippen molar-refractivity contribution in [3.63, 3.8) is 0 Å². The monoisotopic (exact) mass is 96.1 g/mol. The summed E-state index contributed by atoms with van der Waals surface area (Å²) in [7, 11) is 0. The van der Waals surface area contributed by atoms with Crippen LogP contribution in [0.4, 0.5) is 0 Å². The van der Waals surface area contributed by atoms with Crippen LogP contribution in [0.1, 0.15) is 0 Å². The number of aliphatic imine (C=N–C) groups is 1. The summed E-state index contributed by atoms with van der Waals surface area (Å²) >= 11 is 0. The van der Waals surface area contributed by atoms with E-state index in [0.29, 0.717) is 5.82 Å². The Balaban J connectivity index is 2.57. The van der Waals surface area contributed by atoms with E-state index in [-0.39, 0.29) is 0 Å². The fourth-order valence-electron chi connectivity index (χ4n) is 0.326. The Bertz CT molecular complexity index is 114. The van der Waals surface area contributed by atoms with E-state index in [1.807, 2.05) is 0 Å². The smallest absolute Gasteiger partial charge is 0.160 e. The predicted molar refractivity (Wildman–Crippen MR) is 28.2 cm³/mol. The van der Waals surface area contributed by atoms with Gasteiger partial charge in [0, 0.05) is 6.21 Å². The topological polar surface area (TPSA) is 50.4 Å². The first-order valence-corrected chi connectivity index (χ1v) is 1.97. The van der Waals surface area contributed by atoms with Crippen LogP contribution in [0.3, 0.4) is 0 Å². The van der Waals surface area contributed by atoms with Crippen LogP contribution in [-0.2, 0) is 0 Å². The van der Waals surface area contributed by atoms with Crippen molar-refractivity contribution in [2.75, 3.05) is 0 Å². The van der Waals surface area contributed by atoms with Crippen molar-refractivity contribution in [2.45, 2.75) is 0 Å². The van der Waals surface area contributed by atoms with Gasteiger partial charge in [-0.1, -0.05) is 0 Å². The first-order valence-electron chi connectivity index (χ1n) is 1.97. The maximum Gasteiger partial charge on any atom is 0.160 e.